The lowest BCUT2D eigenvalue weighted by Crippen LogP contribution is -2.11. The quantitative estimate of drug-likeness (QED) is 0.203. The van der Waals surface area contributed by atoms with Crippen LogP contribution in [0.5, 0.6) is 23.0 Å². The highest BCUT2D eigenvalue weighted by Gasteiger charge is 2.16. The molecular weight excluding hydrogens is 464 g/mol. The summed E-state index contributed by atoms with van der Waals surface area (Å²) in [6.07, 6.45) is 0.941. The van der Waals surface area contributed by atoms with E-state index in [1.807, 2.05) is 24.3 Å². The van der Waals surface area contributed by atoms with E-state index in [-0.39, 0.29) is 29.5 Å². The fraction of sp³-hybridized carbons (Fsp3) is 0.148. The Morgan fingerprint density at radius 2 is 1.61 bits per heavy atom. The largest absolute Gasteiger partial charge is 0.497 e. The fourth-order valence-corrected chi connectivity index (χ4v) is 3.35. The third kappa shape index (κ3) is 6.20. The highest BCUT2D eigenvalue weighted by molar-refractivity contribution is 6.02. The molecule has 0 aliphatic rings. The number of carbonyl (C=O) groups excluding carboxylic acids is 1. The van der Waals surface area contributed by atoms with Crippen molar-refractivity contribution in [2.24, 2.45) is 0 Å². The lowest BCUT2D eigenvalue weighted by molar-refractivity contribution is -0.384. The first-order valence-electron chi connectivity index (χ1n) is 11.2. The van der Waals surface area contributed by atoms with Crippen molar-refractivity contribution in [2.45, 2.75) is 20.0 Å². The van der Waals surface area contributed by atoms with Crippen molar-refractivity contribution in [2.75, 3.05) is 12.4 Å². The number of nitro benzene ring substituents is 1. The first kappa shape index (κ1) is 24.3. The van der Waals surface area contributed by atoms with Crippen LogP contribution in [-0.4, -0.2) is 17.9 Å². The highest BCUT2D eigenvalue weighted by Crippen LogP contribution is 2.31. The predicted octanol–water partition coefficient (Wildman–Crippen LogP) is 6.38. The SMILES string of the molecule is CCc1ccc(OCc2ccc(C(=O)Nc3cc(Oc4ccc(OC)cc4)cc([N+](=O)[O-])c3)o2)cc1. The number of non-ortho nitro benzene ring substituents is 1. The zero-order valence-corrected chi connectivity index (χ0v) is 19.7. The van der Waals surface area contributed by atoms with Gasteiger partial charge in [0.2, 0.25) is 0 Å². The first-order chi connectivity index (χ1) is 17.4. The summed E-state index contributed by atoms with van der Waals surface area (Å²) >= 11 is 0. The van der Waals surface area contributed by atoms with Crippen molar-refractivity contribution in [1.82, 2.24) is 0 Å². The minimum atomic E-state index is -0.565. The van der Waals surface area contributed by atoms with Crippen LogP contribution in [0.3, 0.4) is 0 Å². The molecule has 1 heterocycles. The van der Waals surface area contributed by atoms with Crippen molar-refractivity contribution in [3.8, 4) is 23.0 Å². The Bertz CT molecular complexity index is 1350. The second-order valence-electron chi connectivity index (χ2n) is 7.76. The number of carbonyl (C=O) groups is 1. The van der Waals surface area contributed by atoms with E-state index in [1.165, 1.54) is 29.8 Å². The Morgan fingerprint density at radius 1 is 0.917 bits per heavy atom. The van der Waals surface area contributed by atoms with Gasteiger partial charge in [0.25, 0.3) is 11.6 Å². The summed E-state index contributed by atoms with van der Waals surface area (Å²) in [4.78, 5) is 23.6. The van der Waals surface area contributed by atoms with Gasteiger partial charge < -0.3 is 23.9 Å². The summed E-state index contributed by atoms with van der Waals surface area (Å²) in [6, 6.07) is 21.6. The molecule has 1 aromatic heterocycles. The highest BCUT2D eigenvalue weighted by atomic mass is 16.6. The number of ether oxygens (including phenoxy) is 3. The molecule has 3 aromatic carbocycles. The molecule has 0 atom stereocenters. The monoisotopic (exact) mass is 488 g/mol. The van der Waals surface area contributed by atoms with E-state index in [2.05, 4.69) is 12.2 Å². The maximum atomic E-state index is 12.7. The van der Waals surface area contributed by atoms with E-state index >= 15 is 0 Å². The molecule has 0 fully saturated rings. The van der Waals surface area contributed by atoms with Crippen molar-refractivity contribution in [3.63, 3.8) is 0 Å². The molecule has 0 aliphatic carbocycles. The van der Waals surface area contributed by atoms with Gasteiger partial charge in [0.05, 0.1) is 23.8 Å². The Labute approximate surface area is 207 Å². The Kier molecular flexibility index (Phi) is 7.50. The van der Waals surface area contributed by atoms with E-state index in [0.717, 1.165) is 6.42 Å². The van der Waals surface area contributed by atoms with Crippen molar-refractivity contribution < 1.29 is 28.3 Å². The molecule has 0 unspecified atom stereocenters. The van der Waals surface area contributed by atoms with Gasteiger partial charge in [-0.25, -0.2) is 0 Å². The van der Waals surface area contributed by atoms with Crippen LogP contribution in [0.1, 0.15) is 28.8 Å². The predicted molar refractivity (Wildman–Crippen MR) is 133 cm³/mol. The van der Waals surface area contributed by atoms with Gasteiger partial charge in [0, 0.05) is 12.1 Å². The molecule has 1 N–H and O–H groups in total. The number of nitrogens with zero attached hydrogens (tertiary/aromatic N) is 1. The van der Waals surface area contributed by atoms with Crippen LogP contribution in [0.25, 0.3) is 0 Å². The van der Waals surface area contributed by atoms with Crippen molar-refractivity contribution in [1.29, 1.82) is 0 Å². The van der Waals surface area contributed by atoms with Crippen molar-refractivity contribution >= 4 is 17.3 Å². The van der Waals surface area contributed by atoms with Crippen LogP contribution in [0, 0.1) is 10.1 Å². The average Bonchev–Trinajstić information content (AvgIpc) is 3.37. The van der Waals surface area contributed by atoms with Gasteiger partial charge >= 0.3 is 0 Å². The molecule has 0 spiro atoms. The van der Waals surface area contributed by atoms with Crippen LogP contribution >= 0.6 is 0 Å². The van der Waals surface area contributed by atoms with Crippen molar-refractivity contribution in [3.05, 3.63) is 106 Å². The average molecular weight is 488 g/mol. The van der Waals surface area contributed by atoms with Crippen LogP contribution < -0.4 is 19.5 Å². The minimum Gasteiger partial charge on any atom is -0.497 e. The summed E-state index contributed by atoms with van der Waals surface area (Å²) < 4.78 is 22.2. The zero-order valence-electron chi connectivity index (χ0n) is 19.7. The standard InChI is InChI=1S/C27H24N2O7/c1-3-18-4-6-22(7-5-18)34-17-24-12-13-26(36-24)27(30)28-19-14-20(29(31)32)16-25(15-19)35-23-10-8-21(33-2)9-11-23/h4-16H,3,17H2,1-2H3,(H,28,30). The molecular formula is C27H24N2O7. The molecule has 1 amide bonds. The smallest absolute Gasteiger partial charge is 0.291 e. The normalized spacial score (nSPS) is 10.5. The zero-order chi connectivity index (χ0) is 25.5. The number of benzene rings is 3. The number of nitro groups is 1. The summed E-state index contributed by atoms with van der Waals surface area (Å²) in [5, 5.41) is 14.0. The van der Waals surface area contributed by atoms with E-state index in [4.69, 9.17) is 18.6 Å². The van der Waals surface area contributed by atoms with Gasteiger partial charge in [0.1, 0.15) is 35.4 Å². The third-order valence-corrected chi connectivity index (χ3v) is 5.25. The number of amides is 1. The minimum absolute atomic E-state index is 0.0408. The first-order valence-corrected chi connectivity index (χ1v) is 11.2. The molecule has 0 saturated carbocycles. The number of furan rings is 1. The molecule has 0 bridgehead atoms. The molecule has 4 rings (SSSR count). The van der Waals surface area contributed by atoms with Gasteiger partial charge in [-0.2, -0.15) is 0 Å². The number of nitrogens with one attached hydrogen (secondary N) is 1. The Balaban J connectivity index is 1.43. The van der Waals surface area contributed by atoms with Gasteiger partial charge in [0.15, 0.2) is 5.76 Å². The third-order valence-electron chi connectivity index (χ3n) is 5.25. The van der Waals surface area contributed by atoms with Crippen LogP contribution in [-0.2, 0) is 13.0 Å². The van der Waals surface area contributed by atoms with Gasteiger partial charge in [-0.05, 0) is 60.5 Å². The van der Waals surface area contributed by atoms with Crippen LogP contribution in [0.15, 0.2) is 83.3 Å². The molecule has 0 radical (unpaired) electrons. The van der Waals surface area contributed by atoms with Crippen LogP contribution in [0.2, 0.25) is 0 Å². The maximum Gasteiger partial charge on any atom is 0.291 e. The number of aryl methyl sites for hydroxylation is 1. The van der Waals surface area contributed by atoms with Gasteiger partial charge in [-0.1, -0.05) is 19.1 Å². The van der Waals surface area contributed by atoms with Gasteiger partial charge in [-0.3, -0.25) is 14.9 Å². The number of anilines is 1. The summed E-state index contributed by atoms with van der Waals surface area (Å²) in [6.45, 7) is 2.23. The number of rotatable bonds is 10. The summed E-state index contributed by atoms with van der Waals surface area (Å²) in [5.74, 6) is 1.91. The second kappa shape index (κ2) is 11.1. The van der Waals surface area contributed by atoms with Gasteiger partial charge in [-0.15, -0.1) is 0 Å². The molecule has 4 aromatic rings. The van der Waals surface area contributed by atoms with E-state index in [9.17, 15) is 14.9 Å². The number of hydrogen-bond acceptors (Lipinski definition) is 7. The summed E-state index contributed by atoms with van der Waals surface area (Å²) in [5.41, 5.74) is 1.15. The number of methoxy groups -OCH3 is 1. The molecule has 9 heteroatoms. The topological polar surface area (TPSA) is 113 Å². The number of hydrogen-bond donors (Lipinski definition) is 1. The van der Waals surface area contributed by atoms with E-state index < -0.39 is 10.8 Å². The van der Waals surface area contributed by atoms with E-state index in [0.29, 0.717) is 23.0 Å². The van der Waals surface area contributed by atoms with Crippen LogP contribution in [0.4, 0.5) is 11.4 Å². The maximum absolute atomic E-state index is 12.7. The fourth-order valence-electron chi connectivity index (χ4n) is 3.35. The Hall–Kier alpha value is -4.79. The lowest BCUT2D eigenvalue weighted by Gasteiger charge is -2.09. The lowest BCUT2D eigenvalue weighted by atomic mass is 10.2. The molecule has 0 saturated heterocycles. The molecule has 36 heavy (non-hydrogen) atoms. The summed E-state index contributed by atoms with van der Waals surface area (Å²) in [7, 11) is 1.55. The van der Waals surface area contributed by atoms with E-state index in [1.54, 1.807) is 37.4 Å². The molecule has 0 aliphatic heterocycles. The molecule has 184 valence electrons. The second-order valence-corrected chi connectivity index (χ2v) is 7.76. The molecule has 9 nitrogen and oxygen atoms in total. The Morgan fingerprint density at radius 3 is 2.28 bits per heavy atom.